The van der Waals surface area contributed by atoms with Gasteiger partial charge < -0.3 is 9.47 Å². The van der Waals surface area contributed by atoms with E-state index < -0.39 is 0 Å². The van der Waals surface area contributed by atoms with Crippen LogP contribution in [-0.2, 0) is 0 Å². The molecule has 0 heterocycles. The average molecular weight is 269 g/mol. The number of hydrogen-bond donors (Lipinski definition) is 0. The lowest BCUT2D eigenvalue weighted by atomic mass is 10.1. The summed E-state index contributed by atoms with van der Waals surface area (Å²) in [6.07, 6.45) is 5.74. The average Bonchev–Trinajstić information content (AvgIpc) is 2.89. The quantitative estimate of drug-likeness (QED) is 0.764. The fourth-order valence-electron chi connectivity index (χ4n) is 2.33. The number of benzene rings is 1. The zero-order chi connectivity index (χ0) is 13.0. The third-order valence-corrected chi connectivity index (χ3v) is 3.61. The van der Waals surface area contributed by atoms with Crippen molar-refractivity contribution in [2.24, 2.45) is 5.92 Å². The normalized spacial score (nSPS) is 15.7. The van der Waals surface area contributed by atoms with E-state index in [1.165, 1.54) is 25.7 Å². The Hall–Kier alpha value is -1.22. The monoisotopic (exact) mass is 268 g/mol. The van der Waals surface area contributed by atoms with Gasteiger partial charge in [-0.15, -0.1) is 0 Å². The van der Waals surface area contributed by atoms with E-state index in [4.69, 9.17) is 21.1 Å². The fourth-order valence-corrected chi connectivity index (χ4v) is 2.60. The molecule has 18 heavy (non-hydrogen) atoms. The van der Waals surface area contributed by atoms with Crippen molar-refractivity contribution in [1.29, 1.82) is 0 Å². The second-order valence-corrected chi connectivity index (χ2v) is 5.02. The van der Waals surface area contributed by atoms with Crippen molar-refractivity contribution < 1.29 is 14.3 Å². The van der Waals surface area contributed by atoms with Crippen LogP contribution < -0.4 is 9.47 Å². The third-order valence-electron chi connectivity index (χ3n) is 3.33. The van der Waals surface area contributed by atoms with E-state index >= 15 is 0 Å². The minimum absolute atomic E-state index is 0.425. The second kappa shape index (κ2) is 6.10. The van der Waals surface area contributed by atoms with E-state index in [1.807, 2.05) is 0 Å². The van der Waals surface area contributed by atoms with Gasteiger partial charge in [0.2, 0.25) is 0 Å². The van der Waals surface area contributed by atoms with E-state index in [2.05, 4.69) is 0 Å². The predicted molar refractivity (Wildman–Crippen MR) is 70.8 cm³/mol. The van der Waals surface area contributed by atoms with Crippen LogP contribution in [0.25, 0.3) is 0 Å². The van der Waals surface area contributed by atoms with Gasteiger partial charge in [0, 0.05) is 5.56 Å². The standard InChI is InChI=1S/C14H17ClO3/c1-17-13-7-11(8-16)6-12(15)14(13)18-9-10-4-2-3-5-10/h6-8,10H,2-5,9H2,1H3. The molecule has 3 nitrogen and oxygen atoms in total. The summed E-state index contributed by atoms with van der Waals surface area (Å²) in [6, 6.07) is 3.24. The van der Waals surface area contributed by atoms with Crippen molar-refractivity contribution in [3.63, 3.8) is 0 Å². The highest BCUT2D eigenvalue weighted by Gasteiger charge is 2.18. The summed E-state index contributed by atoms with van der Waals surface area (Å²) in [5.41, 5.74) is 0.491. The SMILES string of the molecule is COc1cc(C=O)cc(Cl)c1OCC1CCCC1. The molecule has 1 aliphatic rings. The van der Waals surface area contributed by atoms with E-state index in [0.29, 0.717) is 34.6 Å². The van der Waals surface area contributed by atoms with Gasteiger partial charge >= 0.3 is 0 Å². The first-order valence-corrected chi connectivity index (χ1v) is 6.58. The van der Waals surface area contributed by atoms with Gasteiger partial charge in [-0.05, 0) is 30.9 Å². The van der Waals surface area contributed by atoms with Crippen molar-refractivity contribution in [3.8, 4) is 11.5 Å². The number of ether oxygens (including phenoxy) is 2. The topological polar surface area (TPSA) is 35.5 Å². The molecule has 0 unspecified atom stereocenters. The van der Waals surface area contributed by atoms with Crippen molar-refractivity contribution >= 4 is 17.9 Å². The highest BCUT2D eigenvalue weighted by atomic mass is 35.5. The summed E-state index contributed by atoms with van der Waals surface area (Å²) in [5.74, 6) is 1.66. The Morgan fingerprint density at radius 2 is 2.11 bits per heavy atom. The van der Waals surface area contributed by atoms with Crippen LogP contribution in [0.4, 0.5) is 0 Å². The van der Waals surface area contributed by atoms with E-state index in [-0.39, 0.29) is 0 Å². The zero-order valence-corrected chi connectivity index (χ0v) is 11.2. The number of carbonyl (C=O) groups excluding carboxylic acids is 1. The van der Waals surface area contributed by atoms with Gasteiger partial charge in [0.1, 0.15) is 6.29 Å². The minimum atomic E-state index is 0.425. The third kappa shape index (κ3) is 2.96. The van der Waals surface area contributed by atoms with Gasteiger partial charge in [-0.2, -0.15) is 0 Å². The van der Waals surface area contributed by atoms with E-state index in [9.17, 15) is 4.79 Å². The highest BCUT2D eigenvalue weighted by molar-refractivity contribution is 6.32. The number of rotatable bonds is 5. The lowest BCUT2D eigenvalue weighted by molar-refractivity contribution is 0.112. The van der Waals surface area contributed by atoms with Crippen molar-refractivity contribution in [2.75, 3.05) is 13.7 Å². The molecule has 0 N–H and O–H groups in total. The number of aldehydes is 1. The van der Waals surface area contributed by atoms with Crippen LogP contribution in [0.2, 0.25) is 5.02 Å². The Morgan fingerprint density at radius 1 is 1.39 bits per heavy atom. The molecule has 0 amide bonds. The molecule has 0 aliphatic heterocycles. The number of hydrogen-bond acceptors (Lipinski definition) is 3. The first-order chi connectivity index (χ1) is 8.74. The van der Waals surface area contributed by atoms with Crippen molar-refractivity contribution in [1.82, 2.24) is 0 Å². The fraction of sp³-hybridized carbons (Fsp3) is 0.500. The number of halogens is 1. The van der Waals surface area contributed by atoms with Gasteiger partial charge in [-0.1, -0.05) is 24.4 Å². The largest absolute Gasteiger partial charge is 0.493 e. The lowest BCUT2D eigenvalue weighted by Crippen LogP contribution is -2.09. The molecule has 1 fully saturated rings. The second-order valence-electron chi connectivity index (χ2n) is 4.61. The van der Waals surface area contributed by atoms with Crippen LogP contribution >= 0.6 is 11.6 Å². The molecule has 4 heteroatoms. The predicted octanol–water partition coefficient (Wildman–Crippen LogP) is 3.73. The maximum absolute atomic E-state index is 10.8. The zero-order valence-electron chi connectivity index (χ0n) is 10.4. The molecule has 98 valence electrons. The molecule has 2 rings (SSSR count). The maximum atomic E-state index is 10.8. The Balaban J connectivity index is 2.12. The van der Waals surface area contributed by atoms with Gasteiger partial charge in [0.15, 0.2) is 11.5 Å². The number of methoxy groups -OCH3 is 1. The molecule has 0 aromatic heterocycles. The maximum Gasteiger partial charge on any atom is 0.179 e. The lowest BCUT2D eigenvalue weighted by Gasteiger charge is -2.15. The van der Waals surface area contributed by atoms with Gasteiger partial charge in [-0.25, -0.2) is 0 Å². The van der Waals surface area contributed by atoms with E-state index in [1.54, 1.807) is 19.2 Å². The molecular weight excluding hydrogens is 252 g/mol. The van der Waals surface area contributed by atoms with Crippen LogP contribution in [0.1, 0.15) is 36.0 Å². The first kappa shape index (κ1) is 13.2. The minimum Gasteiger partial charge on any atom is -0.493 e. The Morgan fingerprint density at radius 3 is 2.72 bits per heavy atom. The van der Waals surface area contributed by atoms with Crippen LogP contribution in [-0.4, -0.2) is 20.0 Å². The van der Waals surface area contributed by atoms with Crippen LogP contribution in [0.5, 0.6) is 11.5 Å². The Bertz CT molecular complexity index is 425. The van der Waals surface area contributed by atoms with Gasteiger partial charge in [-0.3, -0.25) is 4.79 Å². The van der Waals surface area contributed by atoms with Crippen LogP contribution in [0.15, 0.2) is 12.1 Å². The summed E-state index contributed by atoms with van der Waals surface area (Å²) in [6.45, 7) is 0.663. The van der Waals surface area contributed by atoms with Crippen LogP contribution in [0, 0.1) is 5.92 Å². The van der Waals surface area contributed by atoms with Crippen molar-refractivity contribution in [2.45, 2.75) is 25.7 Å². The number of carbonyl (C=O) groups is 1. The van der Waals surface area contributed by atoms with Crippen molar-refractivity contribution in [3.05, 3.63) is 22.7 Å². The molecule has 0 radical (unpaired) electrons. The molecular formula is C14H17ClO3. The van der Waals surface area contributed by atoms with E-state index in [0.717, 1.165) is 6.29 Å². The molecule has 1 saturated carbocycles. The summed E-state index contributed by atoms with van der Waals surface area (Å²) < 4.78 is 11.0. The molecule has 0 spiro atoms. The Kier molecular flexibility index (Phi) is 4.48. The Labute approximate surface area is 112 Å². The summed E-state index contributed by atoms with van der Waals surface area (Å²) >= 11 is 6.11. The molecule has 0 atom stereocenters. The molecule has 1 aromatic rings. The first-order valence-electron chi connectivity index (χ1n) is 6.20. The smallest absolute Gasteiger partial charge is 0.179 e. The van der Waals surface area contributed by atoms with Gasteiger partial charge in [0.25, 0.3) is 0 Å². The molecule has 1 aromatic carbocycles. The summed E-state index contributed by atoms with van der Waals surface area (Å²) in [4.78, 5) is 10.8. The summed E-state index contributed by atoms with van der Waals surface area (Å²) in [5, 5.41) is 0.425. The molecule has 1 aliphatic carbocycles. The summed E-state index contributed by atoms with van der Waals surface area (Å²) in [7, 11) is 1.54. The van der Waals surface area contributed by atoms with Gasteiger partial charge in [0.05, 0.1) is 18.7 Å². The van der Waals surface area contributed by atoms with Crippen LogP contribution in [0.3, 0.4) is 0 Å². The molecule has 0 bridgehead atoms. The molecule has 0 saturated heterocycles. The highest BCUT2D eigenvalue weighted by Crippen LogP contribution is 2.37.